The summed E-state index contributed by atoms with van der Waals surface area (Å²) in [7, 11) is 1.72. The van der Waals surface area contributed by atoms with Crippen molar-refractivity contribution in [3.63, 3.8) is 0 Å². The third-order valence-corrected chi connectivity index (χ3v) is 3.79. The zero-order chi connectivity index (χ0) is 18.0. The molecule has 0 aliphatic carbocycles. The second kappa shape index (κ2) is 6.58. The summed E-state index contributed by atoms with van der Waals surface area (Å²) < 4.78 is 34.9. The van der Waals surface area contributed by atoms with Gasteiger partial charge in [-0.15, -0.1) is 8.78 Å². The Balaban J connectivity index is 1.62. The molecule has 0 spiro atoms. The first kappa shape index (κ1) is 17.0. The monoisotopic (exact) mass is 348 g/mol. The van der Waals surface area contributed by atoms with E-state index in [0.717, 1.165) is 5.56 Å². The van der Waals surface area contributed by atoms with Crippen LogP contribution in [0.2, 0.25) is 0 Å². The average Bonchev–Trinajstić information content (AvgIpc) is 2.88. The van der Waals surface area contributed by atoms with Gasteiger partial charge >= 0.3 is 6.29 Å². The maximum absolute atomic E-state index is 13.0. The first-order valence-corrected chi connectivity index (χ1v) is 7.79. The average molecular weight is 348 g/mol. The van der Waals surface area contributed by atoms with Crippen LogP contribution in [0.25, 0.3) is 0 Å². The summed E-state index contributed by atoms with van der Waals surface area (Å²) in [6.07, 6.45) is -3.65. The summed E-state index contributed by atoms with van der Waals surface area (Å²) in [6.45, 7) is 2.20. The molecule has 0 aromatic heterocycles. The van der Waals surface area contributed by atoms with E-state index in [-0.39, 0.29) is 17.4 Å². The van der Waals surface area contributed by atoms with Crippen molar-refractivity contribution in [1.82, 2.24) is 4.90 Å². The minimum Gasteiger partial charge on any atom is -0.395 e. The van der Waals surface area contributed by atoms with E-state index in [1.54, 1.807) is 24.9 Å². The van der Waals surface area contributed by atoms with Crippen molar-refractivity contribution >= 4 is 11.6 Å². The number of nitrogens with zero attached hydrogens (tertiary/aromatic N) is 1. The first-order chi connectivity index (χ1) is 11.8. The Kier molecular flexibility index (Phi) is 4.48. The Morgan fingerprint density at radius 2 is 1.84 bits per heavy atom. The van der Waals surface area contributed by atoms with Crippen LogP contribution in [0.15, 0.2) is 48.5 Å². The van der Waals surface area contributed by atoms with Crippen LogP contribution in [0, 0.1) is 0 Å². The summed E-state index contributed by atoms with van der Waals surface area (Å²) in [6, 6.07) is 13.4. The zero-order valence-electron chi connectivity index (χ0n) is 13.8. The van der Waals surface area contributed by atoms with Gasteiger partial charge < -0.3 is 19.7 Å². The predicted octanol–water partition coefficient (Wildman–Crippen LogP) is 3.47. The largest absolute Gasteiger partial charge is 0.586 e. The van der Waals surface area contributed by atoms with Gasteiger partial charge in [-0.05, 0) is 24.6 Å². The van der Waals surface area contributed by atoms with Gasteiger partial charge in [0.05, 0.1) is 0 Å². The van der Waals surface area contributed by atoms with E-state index in [0.29, 0.717) is 12.2 Å². The number of nitrogens with one attached hydrogen (secondary N) is 1. The van der Waals surface area contributed by atoms with Gasteiger partial charge in [-0.25, -0.2) is 0 Å². The van der Waals surface area contributed by atoms with Gasteiger partial charge in [0, 0.05) is 25.3 Å². The van der Waals surface area contributed by atoms with Crippen LogP contribution >= 0.6 is 0 Å². The van der Waals surface area contributed by atoms with E-state index in [2.05, 4.69) is 14.8 Å². The molecule has 0 radical (unpaired) electrons. The lowest BCUT2D eigenvalue weighted by atomic mass is 10.2. The Morgan fingerprint density at radius 1 is 1.16 bits per heavy atom. The van der Waals surface area contributed by atoms with Gasteiger partial charge in [0.25, 0.3) is 0 Å². The van der Waals surface area contributed by atoms with Crippen LogP contribution < -0.4 is 14.8 Å². The lowest BCUT2D eigenvalue weighted by Gasteiger charge is -2.23. The molecule has 7 heteroatoms. The van der Waals surface area contributed by atoms with Crippen molar-refractivity contribution in [2.75, 3.05) is 12.4 Å². The normalized spacial score (nSPS) is 15.5. The van der Waals surface area contributed by atoms with Crippen molar-refractivity contribution in [2.24, 2.45) is 0 Å². The number of amides is 1. The van der Waals surface area contributed by atoms with Crippen molar-refractivity contribution in [2.45, 2.75) is 25.8 Å². The SMILES string of the molecule is C[C@@H](Nc1ccc2c(c1)OC(F)(F)O2)C(=O)N(C)Cc1ccccc1. The summed E-state index contributed by atoms with van der Waals surface area (Å²) in [5, 5.41) is 2.99. The minimum absolute atomic E-state index is 0.0317. The van der Waals surface area contributed by atoms with Gasteiger partial charge in [-0.1, -0.05) is 30.3 Å². The van der Waals surface area contributed by atoms with Crippen LogP contribution in [-0.4, -0.2) is 30.2 Å². The minimum atomic E-state index is -3.65. The zero-order valence-corrected chi connectivity index (χ0v) is 13.8. The molecular weight excluding hydrogens is 330 g/mol. The molecule has 1 atom stereocenters. The van der Waals surface area contributed by atoms with Gasteiger partial charge in [-0.2, -0.15) is 0 Å². The number of carbonyl (C=O) groups excluding carboxylic acids is 1. The summed E-state index contributed by atoms with van der Waals surface area (Å²) in [4.78, 5) is 14.1. The van der Waals surface area contributed by atoms with Gasteiger partial charge in [0.2, 0.25) is 5.91 Å². The van der Waals surface area contributed by atoms with E-state index in [1.165, 1.54) is 12.1 Å². The molecule has 5 nitrogen and oxygen atoms in total. The van der Waals surface area contributed by atoms with Crippen LogP contribution in [0.3, 0.4) is 0 Å². The Labute approximate surface area is 144 Å². The lowest BCUT2D eigenvalue weighted by Crippen LogP contribution is -2.38. The molecule has 0 fully saturated rings. The molecule has 0 saturated carbocycles. The quantitative estimate of drug-likeness (QED) is 0.899. The standard InChI is InChI=1S/C18H18F2N2O3/c1-12(17(23)22(2)11-13-6-4-3-5-7-13)21-14-8-9-15-16(10-14)25-18(19,20)24-15/h3-10,12,21H,11H2,1-2H3/t12-/m1/s1. The number of benzene rings is 2. The smallest absolute Gasteiger partial charge is 0.395 e. The fourth-order valence-corrected chi connectivity index (χ4v) is 2.62. The fourth-order valence-electron chi connectivity index (χ4n) is 2.62. The molecule has 25 heavy (non-hydrogen) atoms. The number of fused-ring (bicyclic) bond motifs is 1. The topological polar surface area (TPSA) is 50.8 Å². The molecule has 1 N–H and O–H groups in total. The highest BCUT2D eigenvalue weighted by Gasteiger charge is 2.43. The molecule has 1 amide bonds. The second-order valence-electron chi connectivity index (χ2n) is 5.87. The Hall–Kier alpha value is -2.83. The fraction of sp³-hybridized carbons (Fsp3) is 0.278. The number of halogens is 2. The van der Waals surface area contributed by atoms with Crippen LogP contribution in [0.5, 0.6) is 11.5 Å². The number of anilines is 1. The Bertz CT molecular complexity index is 768. The van der Waals surface area contributed by atoms with E-state index in [1.807, 2.05) is 30.3 Å². The van der Waals surface area contributed by atoms with Crippen molar-refractivity contribution in [3.8, 4) is 11.5 Å². The van der Waals surface area contributed by atoms with Gasteiger partial charge in [0.15, 0.2) is 11.5 Å². The molecule has 1 heterocycles. The van der Waals surface area contributed by atoms with Crippen molar-refractivity contribution in [1.29, 1.82) is 0 Å². The predicted molar refractivity (Wildman–Crippen MR) is 88.6 cm³/mol. The van der Waals surface area contributed by atoms with E-state index >= 15 is 0 Å². The number of alkyl halides is 2. The molecule has 2 aromatic rings. The number of hydrogen-bond acceptors (Lipinski definition) is 4. The van der Waals surface area contributed by atoms with Crippen LogP contribution in [0.1, 0.15) is 12.5 Å². The van der Waals surface area contributed by atoms with Crippen molar-refractivity contribution < 1.29 is 23.0 Å². The highest BCUT2D eigenvalue weighted by Crippen LogP contribution is 2.42. The number of rotatable bonds is 5. The first-order valence-electron chi connectivity index (χ1n) is 7.79. The number of carbonyl (C=O) groups is 1. The molecule has 0 unspecified atom stereocenters. The molecule has 1 aliphatic heterocycles. The van der Waals surface area contributed by atoms with E-state index in [9.17, 15) is 13.6 Å². The van der Waals surface area contributed by atoms with Crippen LogP contribution in [0.4, 0.5) is 14.5 Å². The second-order valence-corrected chi connectivity index (χ2v) is 5.87. The van der Waals surface area contributed by atoms with Crippen molar-refractivity contribution in [3.05, 3.63) is 54.1 Å². The number of hydrogen-bond donors (Lipinski definition) is 1. The number of likely N-dealkylation sites (N-methyl/N-ethyl adjacent to an activating group) is 1. The van der Waals surface area contributed by atoms with Gasteiger partial charge in [-0.3, -0.25) is 4.79 Å². The van der Waals surface area contributed by atoms with E-state index < -0.39 is 12.3 Å². The summed E-state index contributed by atoms with van der Waals surface area (Å²) >= 11 is 0. The maximum atomic E-state index is 13.0. The highest BCUT2D eigenvalue weighted by atomic mass is 19.3. The third kappa shape index (κ3) is 3.99. The Morgan fingerprint density at radius 3 is 2.56 bits per heavy atom. The maximum Gasteiger partial charge on any atom is 0.586 e. The molecule has 1 aliphatic rings. The lowest BCUT2D eigenvalue weighted by molar-refractivity contribution is -0.286. The highest BCUT2D eigenvalue weighted by molar-refractivity contribution is 5.84. The van der Waals surface area contributed by atoms with Crippen LogP contribution in [-0.2, 0) is 11.3 Å². The number of ether oxygens (including phenoxy) is 2. The summed E-state index contributed by atoms with van der Waals surface area (Å²) in [5.74, 6) is -0.213. The summed E-state index contributed by atoms with van der Waals surface area (Å²) in [5.41, 5.74) is 1.52. The van der Waals surface area contributed by atoms with E-state index in [4.69, 9.17) is 0 Å². The third-order valence-electron chi connectivity index (χ3n) is 3.79. The molecule has 0 bridgehead atoms. The molecule has 2 aromatic carbocycles. The molecule has 3 rings (SSSR count). The van der Waals surface area contributed by atoms with Gasteiger partial charge in [0.1, 0.15) is 6.04 Å². The molecule has 0 saturated heterocycles. The molecular formula is C18H18F2N2O3. The molecule has 132 valence electrons.